The highest BCUT2D eigenvalue weighted by molar-refractivity contribution is 7.98. The van der Waals surface area contributed by atoms with E-state index in [2.05, 4.69) is 53.8 Å². The molecule has 0 saturated heterocycles. The molecule has 218 valence electrons. The van der Waals surface area contributed by atoms with E-state index in [1.807, 2.05) is 42.5 Å². The first-order valence-electron chi connectivity index (χ1n) is 13.8. The average molecular weight is 603 g/mol. The van der Waals surface area contributed by atoms with E-state index >= 15 is 0 Å². The number of carboxylic acid groups (broad SMARTS) is 1. The number of nitrogens with zero attached hydrogens (tertiary/aromatic N) is 1. The largest absolute Gasteiger partial charge is 0.480 e. The van der Waals surface area contributed by atoms with Gasteiger partial charge in [0.05, 0.1) is 4.92 Å². The number of hydrogen-bond donors (Lipinski definition) is 2. The lowest BCUT2D eigenvalue weighted by Gasteiger charge is -2.14. The molecule has 0 spiro atoms. The van der Waals surface area contributed by atoms with Crippen LogP contribution in [0.3, 0.4) is 0 Å². The zero-order valence-electron chi connectivity index (χ0n) is 23.3. The van der Waals surface area contributed by atoms with Gasteiger partial charge in [-0.05, 0) is 40.5 Å². The molecule has 0 bridgehead atoms. The average Bonchev–Trinajstić information content (AvgIpc) is 3.43. The number of hydrogen-bond acceptors (Lipinski definition) is 6. The lowest BCUT2D eigenvalue weighted by atomic mass is 9.98. The molecule has 0 radical (unpaired) electrons. The van der Waals surface area contributed by atoms with Crippen LogP contribution in [0.25, 0.3) is 44.2 Å². The molecule has 1 heterocycles. The van der Waals surface area contributed by atoms with Gasteiger partial charge < -0.3 is 14.8 Å². The smallest absolute Gasteiger partial charge is 0.327 e. The van der Waals surface area contributed by atoms with Crippen LogP contribution in [0, 0.1) is 10.1 Å². The normalized spacial score (nSPS) is 11.8. The highest BCUT2D eigenvalue weighted by atomic mass is 32.2. The van der Waals surface area contributed by atoms with Gasteiger partial charge in [0.25, 0.3) is 11.6 Å². The summed E-state index contributed by atoms with van der Waals surface area (Å²) in [4.78, 5) is 34.5. The molecular formula is C35H26N2O6S. The van der Waals surface area contributed by atoms with Gasteiger partial charge in [0.2, 0.25) is 0 Å². The number of para-hydroxylation sites is 2. The summed E-state index contributed by atoms with van der Waals surface area (Å²) in [6.45, 7) is 0. The van der Waals surface area contributed by atoms with Crippen molar-refractivity contribution < 1.29 is 24.0 Å². The number of amides is 1. The molecule has 5 aromatic carbocycles. The number of furan rings is 1. The van der Waals surface area contributed by atoms with E-state index in [4.69, 9.17) is 4.42 Å². The SMILES string of the molecule is O=C(NC(CSCc1ccc(-c2ccc(-c3cccc4c3oc3ccccc34)cc2)cc1)C(=O)O)c1ccc([N+](=O)[O-])cc1. The second-order valence-corrected chi connectivity index (χ2v) is 11.3. The van der Waals surface area contributed by atoms with Gasteiger partial charge in [-0.15, -0.1) is 0 Å². The number of nitro benzene ring substituents is 1. The molecule has 0 fully saturated rings. The number of aliphatic carboxylic acids is 1. The van der Waals surface area contributed by atoms with Gasteiger partial charge in [0.15, 0.2) is 0 Å². The van der Waals surface area contributed by atoms with E-state index in [1.54, 1.807) is 0 Å². The van der Waals surface area contributed by atoms with Crippen LogP contribution in [-0.4, -0.2) is 33.7 Å². The summed E-state index contributed by atoms with van der Waals surface area (Å²) < 4.78 is 6.20. The number of benzene rings is 5. The maximum Gasteiger partial charge on any atom is 0.327 e. The third-order valence-electron chi connectivity index (χ3n) is 7.38. The molecule has 0 aliphatic carbocycles. The fourth-order valence-electron chi connectivity index (χ4n) is 5.06. The Balaban J connectivity index is 1.07. The van der Waals surface area contributed by atoms with Crippen LogP contribution in [-0.2, 0) is 10.5 Å². The molecular weight excluding hydrogens is 576 g/mol. The zero-order valence-corrected chi connectivity index (χ0v) is 24.1. The second kappa shape index (κ2) is 12.4. The Bertz CT molecular complexity index is 1980. The fourth-order valence-corrected chi connectivity index (χ4v) is 6.06. The lowest BCUT2D eigenvalue weighted by Crippen LogP contribution is -2.42. The van der Waals surface area contributed by atoms with Gasteiger partial charge in [-0.25, -0.2) is 4.79 Å². The van der Waals surface area contributed by atoms with Crippen molar-refractivity contribution >= 4 is 51.3 Å². The van der Waals surface area contributed by atoms with Crippen molar-refractivity contribution in [2.24, 2.45) is 0 Å². The summed E-state index contributed by atoms with van der Waals surface area (Å²) in [6.07, 6.45) is 0. The molecule has 1 aromatic heterocycles. The number of carbonyl (C=O) groups is 2. The van der Waals surface area contributed by atoms with E-state index in [-0.39, 0.29) is 17.0 Å². The summed E-state index contributed by atoms with van der Waals surface area (Å²) >= 11 is 1.40. The summed E-state index contributed by atoms with van der Waals surface area (Å²) in [5.74, 6) is -1.02. The van der Waals surface area contributed by atoms with E-state index < -0.39 is 22.8 Å². The molecule has 0 aliphatic heterocycles. The van der Waals surface area contributed by atoms with Crippen molar-refractivity contribution in [2.45, 2.75) is 11.8 Å². The molecule has 1 amide bonds. The van der Waals surface area contributed by atoms with Crippen LogP contribution in [0.1, 0.15) is 15.9 Å². The molecule has 1 atom stereocenters. The maximum absolute atomic E-state index is 12.5. The fraction of sp³-hybridized carbons (Fsp3) is 0.0857. The van der Waals surface area contributed by atoms with E-state index in [1.165, 1.54) is 36.0 Å². The summed E-state index contributed by atoms with van der Waals surface area (Å²) in [5.41, 5.74) is 7.03. The highest BCUT2D eigenvalue weighted by Crippen LogP contribution is 2.36. The minimum absolute atomic E-state index is 0.147. The van der Waals surface area contributed by atoms with E-state index in [0.29, 0.717) is 5.75 Å². The van der Waals surface area contributed by atoms with Gasteiger partial charge >= 0.3 is 5.97 Å². The number of nitro groups is 1. The number of carboxylic acids is 1. The molecule has 44 heavy (non-hydrogen) atoms. The number of rotatable bonds is 10. The van der Waals surface area contributed by atoms with Crippen LogP contribution in [0.2, 0.25) is 0 Å². The summed E-state index contributed by atoms with van der Waals surface area (Å²) in [5, 5.41) is 25.1. The Labute approximate surface area is 256 Å². The minimum atomic E-state index is -1.15. The standard InChI is InChI=1S/C35H26N2O6S/c38-34(26-16-18-27(19-17-26)37(41)42)36-31(35(39)40)21-44-20-22-8-10-23(11-9-22)24-12-14-25(15-13-24)28-5-3-6-30-29-4-1-2-7-32(29)43-33(28)30/h1-19,31H,20-21H2,(H,36,38)(H,39,40). The Morgan fingerprint density at radius 3 is 2.11 bits per heavy atom. The predicted molar refractivity (Wildman–Crippen MR) is 173 cm³/mol. The Morgan fingerprint density at radius 1 is 0.795 bits per heavy atom. The van der Waals surface area contributed by atoms with Gasteiger partial charge in [0.1, 0.15) is 17.2 Å². The molecule has 0 saturated carbocycles. The first-order valence-corrected chi connectivity index (χ1v) is 15.0. The van der Waals surface area contributed by atoms with Crippen LogP contribution in [0.4, 0.5) is 5.69 Å². The highest BCUT2D eigenvalue weighted by Gasteiger charge is 2.21. The number of non-ortho nitro benzene ring substituents is 1. The monoisotopic (exact) mass is 602 g/mol. The van der Waals surface area contributed by atoms with Crippen LogP contribution < -0.4 is 5.32 Å². The molecule has 8 nitrogen and oxygen atoms in total. The van der Waals surface area contributed by atoms with Crippen molar-refractivity contribution in [3.05, 3.63) is 137 Å². The Morgan fingerprint density at radius 2 is 1.43 bits per heavy atom. The molecule has 6 rings (SSSR count). The third-order valence-corrected chi connectivity index (χ3v) is 8.49. The number of fused-ring (bicyclic) bond motifs is 3. The molecule has 1 unspecified atom stereocenters. The van der Waals surface area contributed by atoms with Gasteiger partial charge in [-0.3, -0.25) is 14.9 Å². The third kappa shape index (κ3) is 6.04. The second-order valence-electron chi connectivity index (χ2n) is 10.2. The van der Waals surface area contributed by atoms with Gasteiger partial charge in [0, 0.05) is 45.5 Å². The van der Waals surface area contributed by atoms with Crippen molar-refractivity contribution in [3.8, 4) is 22.3 Å². The van der Waals surface area contributed by atoms with Gasteiger partial charge in [-0.2, -0.15) is 11.8 Å². The number of thioether (sulfide) groups is 1. The van der Waals surface area contributed by atoms with Crippen molar-refractivity contribution in [1.29, 1.82) is 0 Å². The predicted octanol–water partition coefficient (Wildman–Crippen LogP) is 7.94. The first kappa shape index (κ1) is 28.7. The van der Waals surface area contributed by atoms with Crippen molar-refractivity contribution in [3.63, 3.8) is 0 Å². The summed E-state index contributed by atoms with van der Waals surface area (Å²) in [7, 11) is 0. The molecule has 6 aromatic rings. The summed E-state index contributed by atoms with van der Waals surface area (Å²) in [6, 6.07) is 34.6. The Kier molecular flexibility index (Phi) is 8.12. The van der Waals surface area contributed by atoms with Gasteiger partial charge in [-0.1, -0.05) is 84.9 Å². The van der Waals surface area contributed by atoms with Crippen molar-refractivity contribution in [1.82, 2.24) is 5.32 Å². The van der Waals surface area contributed by atoms with E-state index in [0.717, 1.165) is 49.8 Å². The van der Waals surface area contributed by atoms with Crippen LogP contribution >= 0.6 is 11.8 Å². The first-order chi connectivity index (χ1) is 21.4. The topological polar surface area (TPSA) is 123 Å². The minimum Gasteiger partial charge on any atom is -0.480 e. The van der Waals surface area contributed by atoms with E-state index in [9.17, 15) is 24.8 Å². The quantitative estimate of drug-likeness (QED) is 0.120. The Hall–Kier alpha value is -5.41. The zero-order chi connectivity index (χ0) is 30.6. The molecule has 2 N–H and O–H groups in total. The number of carbonyl (C=O) groups excluding carboxylic acids is 1. The maximum atomic E-state index is 12.5. The molecule has 9 heteroatoms. The van der Waals surface area contributed by atoms with Crippen molar-refractivity contribution in [2.75, 3.05) is 5.75 Å². The molecule has 0 aliphatic rings. The lowest BCUT2D eigenvalue weighted by molar-refractivity contribution is -0.384. The number of nitrogens with one attached hydrogen (secondary N) is 1. The van der Waals surface area contributed by atoms with Crippen LogP contribution in [0.5, 0.6) is 0 Å². The van der Waals surface area contributed by atoms with Crippen LogP contribution in [0.15, 0.2) is 120 Å².